The highest BCUT2D eigenvalue weighted by molar-refractivity contribution is 5.85. The van der Waals surface area contributed by atoms with E-state index in [0.717, 1.165) is 34.8 Å². The monoisotopic (exact) mass is 470 g/mol. The number of hydrogen-bond acceptors (Lipinski definition) is 3. The Morgan fingerprint density at radius 3 is 1.79 bits per heavy atom. The average molecular weight is 471 g/mol. The lowest BCUT2D eigenvalue weighted by atomic mass is 10.1. The third kappa shape index (κ3) is 7.65. The molecule has 0 fully saturated rings. The Labute approximate surface area is 199 Å². The minimum Gasteiger partial charge on any atom is -0.508 e. The Kier molecular flexibility index (Phi) is 10.8. The van der Waals surface area contributed by atoms with E-state index in [1.807, 2.05) is 18.5 Å². The van der Waals surface area contributed by atoms with Crippen molar-refractivity contribution >= 4 is 33.6 Å². The van der Waals surface area contributed by atoms with Crippen molar-refractivity contribution in [1.29, 1.82) is 0 Å². The van der Waals surface area contributed by atoms with E-state index >= 15 is 0 Å². The van der Waals surface area contributed by atoms with Crippen LogP contribution in [0.15, 0.2) is 48.8 Å². The summed E-state index contributed by atoms with van der Waals surface area (Å²) in [5.41, 5.74) is 5.76. The second-order valence-electron chi connectivity index (χ2n) is 7.87. The van der Waals surface area contributed by atoms with E-state index in [1.165, 1.54) is 23.4 Å². The van der Waals surface area contributed by atoms with Crippen LogP contribution < -0.4 is 10.6 Å². The van der Waals surface area contributed by atoms with Gasteiger partial charge in [0.1, 0.15) is 5.75 Å². The third-order valence-electron chi connectivity index (χ3n) is 5.21. The smallest absolute Gasteiger partial charge is 0.216 e. The van der Waals surface area contributed by atoms with Gasteiger partial charge < -0.3 is 25.7 Å². The summed E-state index contributed by atoms with van der Waals surface area (Å²) in [4.78, 5) is 27.9. The van der Waals surface area contributed by atoms with Gasteiger partial charge in [-0.25, -0.2) is 0 Å². The number of phenols is 1. The van der Waals surface area contributed by atoms with Gasteiger partial charge in [-0.2, -0.15) is 0 Å². The van der Waals surface area contributed by atoms with Crippen LogP contribution in [0.1, 0.15) is 38.0 Å². The summed E-state index contributed by atoms with van der Waals surface area (Å²) in [6, 6.07) is 11.6. The highest BCUT2D eigenvalue weighted by atomic mass is 19.0. The number of aromatic hydroxyl groups is 1. The van der Waals surface area contributed by atoms with Crippen molar-refractivity contribution in [1.82, 2.24) is 20.6 Å². The van der Waals surface area contributed by atoms with Crippen molar-refractivity contribution < 1.29 is 19.4 Å². The predicted molar refractivity (Wildman–Crippen MR) is 137 cm³/mol. The van der Waals surface area contributed by atoms with Crippen molar-refractivity contribution in [3.8, 4) is 5.75 Å². The van der Waals surface area contributed by atoms with Gasteiger partial charge in [-0.15, -0.1) is 0 Å². The fourth-order valence-corrected chi connectivity index (χ4v) is 3.62. The molecule has 0 saturated carbocycles. The van der Waals surface area contributed by atoms with Crippen LogP contribution in [0.4, 0.5) is 4.70 Å². The zero-order chi connectivity index (χ0) is 23.1. The molecule has 2 aromatic heterocycles. The standard InChI is InChI=1S/C13H16N2O.C12H14N2O2.CH4.FH/c1-9-3-4-13-12(7-9)11(8-15-13)5-6-14-10(2)16;1-8(15)13-5-4-9-7-14-12-3-2-10(16)6-11(9)12;;/h3-4,7-8,15H,5-6H2,1-2H3,(H,14,16);2-3,6-7,14,16H,4-5H2,1H3,(H,13,15);1H4;1H. The van der Waals surface area contributed by atoms with E-state index in [4.69, 9.17) is 0 Å². The molecule has 184 valence electrons. The van der Waals surface area contributed by atoms with Crippen LogP contribution in [-0.2, 0) is 22.4 Å². The maximum atomic E-state index is 10.8. The first kappa shape index (κ1) is 28.2. The fraction of sp³-hybridized carbons (Fsp3) is 0.308. The van der Waals surface area contributed by atoms with Crippen LogP contribution in [0, 0.1) is 6.92 Å². The molecule has 4 rings (SSSR count). The molecule has 0 aliphatic heterocycles. The van der Waals surface area contributed by atoms with Gasteiger partial charge in [-0.3, -0.25) is 14.3 Å². The summed E-state index contributed by atoms with van der Waals surface area (Å²) in [6.45, 7) is 6.43. The van der Waals surface area contributed by atoms with Gasteiger partial charge in [0.25, 0.3) is 0 Å². The average Bonchev–Trinajstić information content (AvgIpc) is 3.32. The summed E-state index contributed by atoms with van der Waals surface area (Å²) in [5.74, 6) is 0.256. The molecule has 0 saturated heterocycles. The molecule has 0 aliphatic carbocycles. The number of carbonyl (C=O) groups is 2. The first-order valence-corrected chi connectivity index (χ1v) is 10.7. The number of nitrogens with one attached hydrogen (secondary N) is 4. The summed E-state index contributed by atoms with van der Waals surface area (Å²) >= 11 is 0. The normalized spacial score (nSPS) is 9.97. The summed E-state index contributed by atoms with van der Waals surface area (Å²) in [5, 5.41) is 17.2. The van der Waals surface area contributed by atoms with Gasteiger partial charge in [0.05, 0.1) is 0 Å². The minimum absolute atomic E-state index is 0. The quantitative estimate of drug-likeness (QED) is 0.286. The molecule has 0 spiro atoms. The zero-order valence-electron chi connectivity index (χ0n) is 19.1. The summed E-state index contributed by atoms with van der Waals surface area (Å²) < 4.78 is 0. The minimum atomic E-state index is -0.0253. The Morgan fingerprint density at radius 2 is 1.29 bits per heavy atom. The number of phenolic OH excluding ortho intramolecular Hbond substituents is 1. The lowest BCUT2D eigenvalue weighted by Crippen LogP contribution is -2.22. The fourth-order valence-electron chi connectivity index (χ4n) is 3.62. The van der Waals surface area contributed by atoms with Crippen LogP contribution in [-0.4, -0.2) is 40.0 Å². The number of halogens is 1. The number of aryl methyl sites for hydroxylation is 1. The second-order valence-corrected chi connectivity index (χ2v) is 7.87. The Bertz CT molecular complexity index is 1130. The largest absolute Gasteiger partial charge is 0.508 e. The van der Waals surface area contributed by atoms with Gasteiger partial charge >= 0.3 is 0 Å². The lowest BCUT2D eigenvalue weighted by molar-refractivity contribution is -0.119. The molecule has 34 heavy (non-hydrogen) atoms. The number of hydrogen-bond donors (Lipinski definition) is 5. The molecule has 5 N–H and O–H groups in total. The van der Waals surface area contributed by atoms with Gasteiger partial charge in [0.2, 0.25) is 11.8 Å². The van der Waals surface area contributed by atoms with Crippen molar-refractivity contribution in [2.45, 2.75) is 41.0 Å². The van der Waals surface area contributed by atoms with Crippen molar-refractivity contribution in [3.05, 3.63) is 65.5 Å². The Morgan fingerprint density at radius 1 is 0.824 bits per heavy atom. The molecule has 2 heterocycles. The Balaban J connectivity index is 0.000000321. The molecule has 0 bridgehead atoms. The number of aromatic amines is 2. The molecule has 0 radical (unpaired) electrons. The van der Waals surface area contributed by atoms with Crippen molar-refractivity contribution in [3.63, 3.8) is 0 Å². The maximum absolute atomic E-state index is 10.8. The Hall–Kier alpha value is -3.81. The molecule has 8 heteroatoms. The molecule has 0 aliphatic rings. The highest BCUT2D eigenvalue weighted by Gasteiger charge is 2.05. The molecule has 2 aromatic carbocycles. The highest BCUT2D eigenvalue weighted by Crippen LogP contribution is 2.23. The lowest BCUT2D eigenvalue weighted by Gasteiger charge is -2.01. The molecule has 7 nitrogen and oxygen atoms in total. The van der Waals surface area contributed by atoms with E-state index in [1.54, 1.807) is 19.1 Å². The van der Waals surface area contributed by atoms with E-state index < -0.39 is 0 Å². The summed E-state index contributed by atoms with van der Waals surface area (Å²) in [7, 11) is 0. The van der Waals surface area contributed by atoms with Gasteiger partial charge in [0.15, 0.2) is 0 Å². The molecule has 4 aromatic rings. The first-order chi connectivity index (χ1) is 15.3. The summed E-state index contributed by atoms with van der Waals surface area (Å²) in [6.07, 6.45) is 5.55. The van der Waals surface area contributed by atoms with Crippen LogP contribution >= 0.6 is 0 Å². The number of rotatable bonds is 6. The number of fused-ring (bicyclic) bond motifs is 2. The van der Waals surface area contributed by atoms with E-state index in [2.05, 4.69) is 45.7 Å². The number of benzene rings is 2. The van der Waals surface area contributed by atoms with Gasteiger partial charge in [0, 0.05) is 61.1 Å². The van der Waals surface area contributed by atoms with Crippen LogP contribution in [0.25, 0.3) is 21.8 Å². The molecule has 2 amide bonds. The number of aromatic nitrogens is 2. The van der Waals surface area contributed by atoms with Crippen LogP contribution in [0.5, 0.6) is 5.75 Å². The van der Waals surface area contributed by atoms with E-state index in [-0.39, 0.29) is 29.7 Å². The topological polar surface area (TPSA) is 110 Å². The number of carbonyl (C=O) groups excluding carboxylic acids is 2. The molecule has 0 atom stereocenters. The van der Waals surface area contributed by atoms with Crippen LogP contribution in [0.3, 0.4) is 0 Å². The van der Waals surface area contributed by atoms with E-state index in [9.17, 15) is 14.7 Å². The van der Waals surface area contributed by atoms with E-state index in [0.29, 0.717) is 13.1 Å². The number of H-pyrrole nitrogens is 2. The molecular formula is C26H35FN4O3. The van der Waals surface area contributed by atoms with Gasteiger partial charge in [-0.05, 0) is 61.2 Å². The van der Waals surface area contributed by atoms with Crippen LogP contribution in [0.2, 0.25) is 0 Å². The van der Waals surface area contributed by atoms with Crippen molar-refractivity contribution in [2.75, 3.05) is 13.1 Å². The van der Waals surface area contributed by atoms with Gasteiger partial charge in [-0.1, -0.05) is 19.1 Å². The molecular weight excluding hydrogens is 435 g/mol. The third-order valence-corrected chi connectivity index (χ3v) is 5.21. The first-order valence-electron chi connectivity index (χ1n) is 10.7. The maximum Gasteiger partial charge on any atom is 0.216 e. The zero-order valence-corrected chi connectivity index (χ0v) is 19.1. The molecule has 0 unspecified atom stereocenters. The predicted octanol–water partition coefficient (Wildman–Crippen LogP) is 4.50. The van der Waals surface area contributed by atoms with Crippen molar-refractivity contribution in [2.24, 2.45) is 0 Å². The number of amides is 2. The SMILES string of the molecule is C.CC(=O)NCCc1c[nH]c2ccc(C)cc12.CC(=O)NCCc1c[nH]c2ccc(O)cc12.F. The second kappa shape index (κ2) is 13.0.